The van der Waals surface area contributed by atoms with Gasteiger partial charge in [-0.3, -0.25) is 14.2 Å². The summed E-state index contributed by atoms with van der Waals surface area (Å²) in [5, 5.41) is 2.47. The second kappa shape index (κ2) is 9.45. The molecule has 0 saturated carbocycles. The molecule has 5 aromatic rings. The summed E-state index contributed by atoms with van der Waals surface area (Å²) in [5.74, 6) is 0.644. The highest BCUT2D eigenvalue weighted by atomic mass is 32.1. The van der Waals surface area contributed by atoms with Gasteiger partial charge in [0, 0.05) is 16.5 Å². The third-order valence-electron chi connectivity index (χ3n) is 5.66. The van der Waals surface area contributed by atoms with Crippen molar-refractivity contribution in [2.45, 2.75) is 13.5 Å². The fourth-order valence-electron chi connectivity index (χ4n) is 3.92. The summed E-state index contributed by atoms with van der Waals surface area (Å²) >= 11 is 1.42. The molecule has 2 heterocycles. The first-order chi connectivity index (χ1) is 16.6. The minimum Gasteiger partial charge on any atom is -0.494 e. The molecule has 0 bridgehead atoms. The van der Waals surface area contributed by atoms with Crippen molar-refractivity contribution in [1.82, 2.24) is 9.55 Å². The maximum absolute atomic E-state index is 13.3. The molecule has 0 aliphatic rings. The van der Waals surface area contributed by atoms with Gasteiger partial charge in [0.15, 0.2) is 5.78 Å². The van der Waals surface area contributed by atoms with E-state index in [0.29, 0.717) is 22.4 Å². The summed E-state index contributed by atoms with van der Waals surface area (Å²) in [7, 11) is 0. The Hall–Kier alpha value is -4.03. The van der Waals surface area contributed by atoms with E-state index < -0.39 is 0 Å². The summed E-state index contributed by atoms with van der Waals surface area (Å²) in [5.41, 5.74) is 4.19. The van der Waals surface area contributed by atoms with E-state index in [-0.39, 0.29) is 17.9 Å². The molecule has 0 atom stereocenters. The number of hydrogen-bond donors (Lipinski definition) is 0. The Bertz CT molecular complexity index is 1500. The number of nitrogens with zero attached hydrogens (tertiary/aromatic N) is 2. The van der Waals surface area contributed by atoms with E-state index in [9.17, 15) is 9.59 Å². The van der Waals surface area contributed by atoms with E-state index in [2.05, 4.69) is 4.98 Å². The average molecular weight is 467 g/mol. The van der Waals surface area contributed by atoms with E-state index in [1.807, 2.05) is 79.0 Å². The molecule has 168 valence electrons. The molecule has 0 unspecified atom stereocenters. The number of benzene rings is 3. The topological polar surface area (TPSA) is 61.2 Å². The molecule has 3 aromatic carbocycles. The number of hydrogen-bond acceptors (Lipinski definition) is 5. The fraction of sp³-hybridized carbons (Fsp3) is 0.107. The zero-order valence-corrected chi connectivity index (χ0v) is 19.4. The van der Waals surface area contributed by atoms with E-state index in [0.717, 1.165) is 28.0 Å². The molecule has 5 nitrogen and oxygen atoms in total. The first-order valence-electron chi connectivity index (χ1n) is 11.0. The van der Waals surface area contributed by atoms with Crippen LogP contribution in [-0.2, 0) is 6.54 Å². The normalized spacial score (nSPS) is 11.0. The van der Waals surface area contributed by atoms with Crippen LogP contribution in [0.1, 0.15) is 17.3 Å². The highest BCUT2D eigenvalue weighted by Crippen LogP contribution is 2.31. The number of ketones is 1. The first kappa shape index (κ1) is 21.8. The van der Waals surface area contributed by atoms with E-state index >= 15 is 0 Å². The second-order valence-electron chi connectivity index (χ2n) is 7.83. The highest BCUT2D eigenvalue weighted by molar-refractivity contribution is 7.17. The summed E-state index contributed by atoms with van der Waals surface area (Å²) in [6, 6.07) is 25.1. The van der Waals surface area contributed by atoms with Gasteiger partial charge in [-0.2, -0.15) is 0 Å². The largest absolute Gasteiger partial charge is 0.494 e. The van der Waals surface area contributed by atoms with Crippen molar-refractivity contribution in [1.29, 1.82) is 0 Å². The van der Waals surface area contributed by atoms with Crippen molar-refractivity contribution in [3.63, 3.8) is 0 Å². The molecule has 6 heteroatoms. The quantitative estimate of drug-likeness (QED) is 0.273. The van der Waals surface area contributed by atoms with Crippen molar-refractivity contribution >= 4 is 27.3 Å². The van der Waals surface area contributed by atoms with Crippen molar-refractivity contribution in [2.24, 2.45) is 0 Å². The standard InChI is InChI=1S/C28H22N2O3S/c1-2-33-23-14-12-21(13-15-23)24-17-34-27-26(24)28(32)30(18-29-27)16-25(31)22-10-8-20(9-11-22)19-6-4-3-5-7-19/h3-15,17-18H,2,16H2,1H3. The van der Waals surface area contributed by atoms with Gasteiger partial charge in [-0.1, -0.05) is 66.7 Å². The number of rotatable bonds is 7. The Kier molecular flexibility index (Phi) is 6.06. The summed E-state index contributed by atoms with van der Waals surface area (Å²) in [4.78, 5) is 31.4. The number of thiophene rings is 1. The van der Waals surface area contributed by atoms with Gasteiger partial charge in [0.05, 0.1) is 24.9 Å². The molecule has 0 aliphatic heterocycles. The molecule has 5 rings (SSSR count). The van der Waals surface area contributed by atoms with Gasteiger partial charge in [0.25, 0.3) is 5.56 Å². The molecular weight excluding hydrogens is 444 g/mol. The molecule has 0 aliphatic carbocycles. The first-order valence-corrected chi connectivity index (χ1v) is 11.9. The van der Waals surface area contributed by atoms with Gasteiger partial charge >= 0.3 is 0 Å². The minimum atomic E-state index is -0.218. The van der Waals surface area contributed by atoms with Crippen molar-refractivity contribution in [2.75, 3.05) is 6.61 Å². The van der Waals surface area contributed by atoms with E-state index in [4.69, 9.17) is 4.74 Å². The molecule has 0 radical (unpaired) electrons. The van der Waals surface area contributed by atoms with Gasteiger partial charge in [-0.05, 0) is 35.7 Å². The number of carbonyl (C=O) groups is 1. The number of carbonyl (C=O) groups excluding carboxylic acids is 1. The number of fused-ring (bicyclic) bond motifs is 1. The van der Waals surface area contributed by atoms with Gasteiger partial charge in [-0.15, -0.1) is 11.3 Å². The maximum Gasteiger partial charge on any atom is 0.263 e. The van der Waals surface area contributed by atoms with Crippen LogP contribution in [0.3, 0.4) is 0 Å². The zero-order valence-electron chi connectivity index (χ0n) is 18.6. The predicted molar refractivity (Wildman–Crippen MR) is 137 cm³/mol. The maximum atomic E-state index is 13.3. The number of Topliss-reactive ketones (excluding diaryl/α,β-unsaturated/α-hetero) is 1. The number of ether oxygens (including phenoxy) is 1. The molecule has 0 fully saturated rings. The molecule has 0 N–H and O–H groups in total. The van der Waals surface area contributed by atoms with Crippen LogP contribution in [-0.4, -0.2) is 21.9 Å². The molecule has 2 aromatic heterocycles. The van der Waals surface area contributed by atoms with Crippen LogP contribution >= 0.6 is 11.3 Å². The van der Waals surface area contributed by atoms with Gasteiger partial charge in [0.2, 0.25) is 0 Å². The van der Waals surface area contributed by atoms with Gasteiger partial charge < -0.3 is 4.74 Å². The lowest BCUT2D eigenvalue weighted by Crippen LogP contribution is -2.24. The van der Waals surface area contributed by atoms with Crippen LogP contribution in [0.25, 0.3) is 32.5 Å². The smallest absolute Gasteiger partial charge is 0.263 e. The van der Waals surface area contributed by atoms with E-state index in [1.54, 1.807) is 12.1 Å². The molecule has 34 heavy (non-hydrogen) atoms. The van der Waals surface area contributed by atoms with Crippen molar-refractivity contribution in [3.05, 3.63) is 106 Å². The van der Waals surface area contributed by atoms with E-state index in [1.165, 1.54) is 22.2 Å². The average Bonchev–Trinajstić information content (AvgIpc) is 3.32. The summed E-state index contributed by atoms with van der Waals surface area (Å²) < 4.78 is 6.90. The Morgan fingerprint density at radius 1 is 0.912 bits per heavy atom. The molecule has 0 amide bonds. The number of aromatic nitrogens is 2. The lowest BCUT2D eigenvalue weighted by Gasteiger charge is -2.08. The molecule has 0 saturated heterocycles. The fourth-order valence-corrected chi connectivity index (χ4v) is 4.82. The monoisotopic (exact) mass is 466 g/mol. The van der Waals surface area contributed by atoms with Crippen LogP contribution in [0.5, 0.6) is 5.75 Å². The Labute approximate surface area is 200 Å². The summed E-state index contributed by atoms with van der Waals surface area (Å²) in [6.07, 6.45) is 1.46. The Morgan fingerprint density at radius 3 is 2.29 bits per heavy atom. The Morgan fingerprint density at radius 2 is 1.59 bits per heavy atom. The minimum absolute atomic E-state index is 0.0645. The van der Waals surface area contributed by atoms with Gasteiger partial charge in [0.1, 0.15) is 10.6 Å². The van der Waals surface area contributed by atoms with Crippen LogP contribution in [0, 0.1) is 0 Å². The van der Waals surface area contributed by atoms with Crippen LogP contribution in [0.15, 0.2) is 95.4 Å². The van der Waals surface area contributed by atoms with Crippen molar-refractivity contribution < 1.29 is 9.53 Å². The zero-order chi connectivity index (χ0) is 23.5. The molecular formula is C28H22N2O3S. The summed E-state index contributed by atoms with van der Waals surface area (Å²) in [6.45, 7) is 2.47. The van der Waals surface area contributed by atoms with Crippen LogP contribution in [0.4, 0.5) is 0 Å². The van der Waals surface area contributed by atoms with Gasteiger partial charge in [-0.25, -0.2) is 4.98 Å². The van der Waals surface area contributed by atoms with Crippen molar-refractivity contribution in [3.8, 4) is 28.0 Å². The second-order valence-corrected chi connectivity index (χ2v) is 8.69. The predicted octanol–water partition coefficient (Wildman–Crippen LogP) is 6.07. The highest BCUT2D eigenvalue weighted by Gasteiger charge is 2.16. The lowest BCUT2D eigenvalue weighted by molar-refractivity contribution is 0.0970. The third-order valence-corrected chi connectivity index (χ3v) is 6.55. The lowest BCUT2D eigenvalue weighted by atomic mass is 10.0. The van der Waals surface area contributed by atoms with Crippen LogP contribution in [0.2, 0.25) is 0 Å². The SMILES string of the molecule is CCOc1ccc(-c2csc3ncn(CC(=O)c4ccc(-c5ccccc5)cc4)c(=O)c23)cc1. The third kappa shape index (κ3) is 4.28. The Balaban J connectivity index is 1.42. The van der Waals surface area contributed by atoms with Crippen LogP contribution < -0.4 is 10.3 Å². The molecule has 0 spiro atoms.